The van der Waals surface area contributed by atoms with E-state index >= 15 is 0 Å². The molecule has 0 radical (unpaired) electrons. The molecular formula is C7H6N2NiS. The second-order valence-electron chi connectivity index (χ2n) is 2.12. The number of benzene rings is 1. The fraction of sp³-hybridized carbons (Fsp3) is 0. The van der Waals surface area contributed by atoms with E-state index in [4.69, 9.17) is 12.2 Å². The van der Waals surface area contributed by atoms with Crippen LogP contribution in [0.2, 0.25) is 0 Å². The summed E-state index contributed by atoms with van der Waals surface area (Å²) < 4.78 is 0.682. The molecule has 0 aliphatic carbocycles. The van der Waals surface area contributed by atoms with Gasteiger partial charge in [-0.15, -0.1) is 0 Å². The molecule has 0 aliphatic rings. The summed E-state index contributed by atoms with van der Waals surface area (Å²) in [6, 6.07) is 7.92. The maximum atomic E-state index is 4.90. The van der Waals surface area contributed by atoms with E-state index in [0.717, 1.165) is 11.0 Å². The van der Waals surface area contributed by atoms with Gasteiger partial charge in [0, 0.05) is 16.5 Å². The number of imidazole rings is 1. The molecule has 4 heteroatoms. The van der Waals surface area contributed by atoms with Crippen LogP contribution < -0.4 is 0 Å². The summed E-state index contributed by atoms with van der Waals surface area (Å²) in [5.41, 5.74) is 2.13. The van der Waals surface area contributed by atoms with Gasteiger partial charge in [-0.2, -0.15) is 0 Å². The van der Waals surface area contributed by atoms with E-state index in [-0.39, 0.29) is 16.5 Å². The molecule has 2 aromatic rings. The molecule has 0 spiro atoms. The average molecular weight is 209 g/mol. The van der Waals surface area contributed by atoms with Crippen molar-refractivity contribution in [2.24, 2.45) is 0 Å². The Bertz CT molecular complexity index is 368. The summed E-state index contributed by atoms with van der Waals surface area (Å²) in [6.45, 7) is 0. The summed E-state index contributed by atoms with van der Waals surface area (Å²) in [6.07, 6.45) is 0. The van der Waals surface area contributed by atoms with Gasteiger partial charge in [-0.3, -0.25) is 0 Å². The zero-order chi connectivity index (χ0) is 6.97. The molecule has 2 rings (SSSR count). The minimum Gasteiger partial charge on any atom is -0.331 e. The van der Waals surface area contributed by atoms with Crippen molar-refractivity contribution in [1.82, 2.24) is 9.97 Å². The number of hydrogen-bond acceptors (Lipinski definition) is 1. The van der Waals surface area contributed by atoms with Crippen LogP contribution in [-0.4, -0.2) is 9.97 Å². The van der Waals surface area contributed by atoms with Crippen molar-refractivity contribution in [3.63, 3.8) is 0 Å². The van der Waals surface area contributed by atoms with Gasteiger partial charge in [-0.25, -0.2) is 0 Å². The number of fused-ring (bicyclic) bond motifs is 1. The van der Waals surface area contributed by atoms with Gasteiger partial charge in [0.2, 0.25) is 0 Å². The predicted molar refractivity (Wildman–Crippen MR) is 43.5 cm³/mol. The first-order chi connectivity index (χ1) is 4.86. The predicted octanol–water partition coefficient (Wildman–Crippen LogP) is 2.22. The maximum Gasteiger partial charge on any atom is 0.175 e. The van der Waals surface area contributed by atoms with Gasteiger partial charge < -0.3 is 9.97 Å². The van der Waals surface area contributed by atoms with Crippen molar-refractivity contribution in [3.05, 3.63) is 29.0 Å². The first-order valence-corrected chi connectivity index (χ1v) is 3.44. The smallest absolute Gasteiger partial charge is 0.175 e. The molecule has 0 aliphatic heterocycles. The SMILES string of the molecule is S=c1[nH]c2ccccc2[nH]1.[Ni]. The first-order valence-electron chi connectivity index (χ1n) is 3.03. The van der Waals surface area contributed by atoms with Crippen LogP contribution in [0.5, 0.6) is 0 Å². The van der Waals surface area contributed by atoms with Crippen molar-refractivity contribution in [2.45, 2.75) is 0 Å². The molecule has 0 unspecified atom stereocenters. The molecule has 1 aromatic heterocycles. The number of aromatic nitrogens is 2. The third kappa shape index (κ3) is 1.52. The number of rotatable bonds is 0. The Labute approximate surface area is 78.9 Å². The Balaban J connectivity index is 0.000000605. The van der Waals surface area contributed by atoms with Gasteiger partial charge in [0.1, 0.15) is 0 Å². The van der Waals surface area contributed by atoms with E-state index in [2.05, 4.69) is 9.97 Å². The molecule has 0 saturated carbocycles. The van der Waals surface area contributed by atoms with Crippen LogP contribution in [0.1, 0.15) is 0 Å². The second kappa shape index (κ2) is 3.20. The van der Waals surface area contributed by atoms with Gasteiger partial charge in [0.05, 0.1) is 11.0 Å². The van der Waals surface area contributed by atoms with Crippen LogP contribution in [0.15, 0.2) is 24.3 Å². The fourth-order valence-corrected chi connectivity index (χ4v) is 1.20. The van der Waals surface area contributed by atoms with E-state index in [1.54, 1.807) is 0 Å². The molecule has 11 heavy (non-hydrogen) atoms. The summed E-state index contributed by atoms with van der Waals surface area (Å²) in [7, 11) is 0. The third-order valence-electron chi connectivity index (χ3n) is 1.42. The Hall–Kier alpha value is -0.596. The molecular weight excluding hydrogens is 203 g/mol. The molecule has 0 amide bonds. The van der Waals surface area contributed by atoms with Gasteiger partial charge in [0.15, 0.2) is 4.77 Å². The maximum absolute atomic E-state index is 4.90. The number of H-pyrrole nitrogens is 2. The zero-order valence-electron chi connectivity index (χ0n) is 5.53. The molecule has 60 valence electrons. The van der Waals surface area contributed by atoms with Crippen molar-refractivity contribution in [3.8, 4) is 0 Å². The van der Waals surface area contributed by atoms with Gasteiger partial charge in [0.25, 0.3) is 0 Å². The Morgan fingerprint density at radius 2 is 1.45 bits per heavy atom. The van der Waals surface area contributed by atoms with Gasteiger partial charge >= 0.3 is 0 Å². The summed E-state index contributed by atoms with van der Waals surface area (Å²) in [5, 5.41) is 0. The van der Waals surface area contributed by atoms with Crippen LogP contribution in [0.4, 0.5) is 0 Å². The van der Waals surface area contributed by atoms with E-state index in [1.807, 2.05) is 24.3 Å². The fourth-order valence-electron chi connectivity index (χ4n) is 0.977. The molecule has 0 atom stereocenters. The van der Waals surface area contributed by atoms with E-state index in [0.29, 0.717) is 4.77 Å². The minimum absolute atomic E-state index is 0. The molecule has 0 fully saturated rings. The van der Waals surface area contributed by atoms with Crippen LogP contribution in [0, 0.1) is 4.77 Å². The molecule has 2 N–H and O–H groups in total. The Kier molecular flexibility index (Phi) is 2.47. The number of aromatic amines is 2. The Morgan fingerprint density at radius 1 is 1.00 bits per heavy atom. The second-order valence-corrected chi connectivity index (χ2v) is 2.53. The van der Waals surface area contributed by atoms with Crippen molar-refractivity contribution < 1.29 is 16.5 Å². The number of nitrogens with one attached hydrogen (secondary N) is 2. The van der Waals surface area contributed by atoms with Crippen LogP contribution >= 0.6 is 12.2 Å². The molecule has 0 bridgehead atoms. The quantitative estimate of drug-likeness (QED) is 0.505. The van der Waals surface area contributed by atoms with Crippen LogP contribution in [-0.2, 0) is 16.5 Å². The summed E-state index contributed by atoms with van der Waals surface area (Å²) in [5.74, 6) is 0. The normalized spacial score (nSPS) is 9.45. The molecule has 1 heterocycles. The molecule has 2 nitrogen and oxygen atoms in total. The van der Waals surface area contributed by atoms with Crippen molar-refractivity contribution in [1.29, 1.82) is 0 Å². The summed E-state index contributed by atoms with van der Waals surface area (Å²) in [4.78, 5) is 6.04. The van der Waals surface area contributed by atoms with Gasteiger partial charge in [-0.1, -0.05) is 12.1 Å². The largest absolute Gasteiger partial charge is 0.331 e. The number of hydrogen-bond donors (Lipinski definition) is 2. The minimum atomic E-state index is 0. The van der Waals surface area contributed by atoms with E-state index in [1.165, 1.54) is 0 Å². The average Bonchev–Trinajstić information content (AvgIpc) is 2.27. The summed E-state index contributed by atoms with van der Waals surface area (Å²) >= 11 is 4.90. The third-order valence-corrected chi connectivity index (χ3v) is 1.63. The zero-order valence-corrected chi connectivity index (χ0v) is 7.34. The standard InChI is InChI=1S/C7H6N2S.Ni/c10-7-8-5-3-1-2-4-6(5)9-7;/h1-4H,(H2,8,9,10);. The van der Waals surface area contributed by atoms with Crippen LogP contribution in [0.3, 0.4) is 0 Å². The first kappa shape index (κ1) is 8.50. The van der Waals surface area contributed by atoms with E-state index in [9.17, 15) is 0 Å². The molecule has 1 aromatic carbocycles. The topological polar surface area (TPSA) is 31.6 Å². The van der Waals surface area contributed by atoms with Crippen LogP contribution in [0.25, 0.3) is 11.0 Å². The van der Waals surface area contributed by atoms with Crippen molar-refractivity contribution >= 4 is 23.3 Å². The van der Waals surface area contributed by atoms with E-state index < -0.39 is 0 Å². The van der Waals surface area contributed by atoms with Gasteiger partial charge in [-0.05, 0) is 24.4 Å². The number of para-hydroxylation sites is 2. The molecule has 0 saturated heterocycles. The Morgan fingerprint density at radius 3 is 1.91 bits per heavy atom. The monoisotopic (exact) mass is 208 g/mol. The van der Waals surface area contributed by atoms with Crippen molar-refractivity contribution in [2.75, 3.05) is 0 Å².